The Bertz CT molecular complexity index is 909. The Kier molecular flexibility index (Phi) is 4.89. The van der Waals surface area contributed by atoms with Crippen LogP contribution in [-0.4, -0.2) is 57.8 Å². The van der Waals surface area contributed by atoms with Gasteiger partial charge in [-0.1, -0.05) is 6.07 Å². The normalized spacial score (nSPS) is 19.2. The van der Waals surface area contributed by atoms with Crippen molar-refractivity contribution in [2.75, 3.05) is 26.2 Å². The highest BCUT2D eigenvalue weighted by atomic mass is 16.2. The van der Waals surface area contributed by atoms with Gasteiger partial charge in [-0.05, 0) is 50.8 Å². The van der Waals surface area contributed by atoms with Crippen LogP contribution < -0.4 is 0 Å². The molecule has 2 saturated heterocycles. The van der Waals surface area contributed by atoms with Crippen molar-refractivity contribution in [1.29, 1.82) is 0 Å². The molecule has 0 radical (unpaired) electrons. The van der Waals surface area contributed by atoms with Crippen molar-refractivity contribution >= 4 is 22.8 Å². The van der Waals surface area contributed by atoms with Crippen LogP contribution in [0.3, 0.4) is 0 Å². The highest BCUT2D eigenvalue weighted by molar-refractivity contribution is 5.81. The molecule has 150 valence electrons. The Labute approximate surface area is 166 Å². The molecule has 2 aliphatic rings. The van der Waals surface area contributed by atoms with E-state index in [1.807, 2.05) is 16.7 Å². The van der Waals surface area contributed by atoms with Gasteiger partial charge in [0.25, 0.3) is 0 Å². The number of nitrogens with zero attached hydrogens (tertiary/aromatic N) is 3. The number of likely N-dealkylation sites (tertiary alicyclic amines) is 2. The van der Waals surface area contributed by atoms with E-state index in [4.69, 9.17) is 4.98 Å². The zero-order valence-corrected chi connectivity index (χ0v) is 17.2. The van der Waals surface area contributed by atoms with E-state index in [0.717, 1.165) is 55.9 Å². The molecule has 2 amide bonds. The third-order valence-corrected chi connectivity index (χ3v) is 6.77. The minimum atomic E-state index is 0.0952. The van der Waals surface area contributed by atoms with Gasteiger partial charge >= 0.3 is 0 Å². The molecule has 3 heterocycles. The van der Waals surface area contributed by atoms with E-state index in [9.17, 15) is 9.59 Å². The van der Waals surface area contributed by atoms with Gasteiger partial charge in [-0.25, -0.2) is 4.98 Å². The number of piperidine rings is 1. The number of H-pyrrole nitrogens is 1. The van der Waals surface area contributed by atoms with Crippen molar-refractivity contribution in [3.05, 3.63) is 29.1 Å². The number of hydrogen-bond acceptors (Lipinski definition) is 3. The van der Waals surface area contributed by atoms with Gasteiger partial charge in [0.15, 0.2) is 0 Å². The molecular formula is C22H30N4O2. The predicted octanol–water partition coefficient (Wildman–Crippen LogP) is 2.97. The van der Waals surface area contributed by atoms with Gasteiger partial charge in [-0.2, -0.15) is 0 Å². The summed E-state index contributed by atoms with van der Waals surface area (Å²) in [6.07, 6.45) is 3.63. The summed E-state index contributed by atoms with van der Waals surface area (Å²) in [5.74, 6) is 1.35. The van der Waals surface area contributed by atoms with E-state index in [1.54, 1.807) is 0 Å². The van der Waals surface area contributed by atoms with Crippen LogP contribution in [0.4, 0.5) is 0 Å². The first-order valence-corrected chi connectivity index (χ1v) is 10.4. The Balaban J connectivity index is 1.33. The Morgan fingerprint density at radius 2 is 2.00 bits per heavy atom. The van der Waals surface area contributed by atoms with E-state index in [2.05, 4.69) is 31.0 Å². The minimum Gasteiger partial charge on any atom is -0.343 e. The largest absolute Gasteiger partial charge is 0.343 e. The standard InChI is InChI=1S/C22H30N4O2/c1-4-25-14-22(13-20(25)28)9-11-26(12-10-22)19(27)8-7-18-23-17-6-5-15(2)16(3)21(17)24-18/h5-6H,4,7-14H2,1-3H3,(H,23,24). The second kappa shape index (κ2) is 7.22. The van der Waals surface area contributed by atoms with Crippen LogP contribution in [0.25, 0.3) is 11.0 Å². The van der Waals surface area contributed by atoms with Crippen LogP contribution in [0.5, 0.6) is 0 Å². The molecule has 2 aliphatic heterocycles. The van der Waals surface area contributed by atoms with Gasteiger partial charge in [0.1, 0.15) is 5.82 Å². The van der Waals surface area contributed by atoms with Gasteiger partial charge in [-0.3, -0.25) is 9.59 Å². The third kappa shape index (κ3) is 3.40. The Hall–Kier alpha value is -2.37. The molecule has 1 aromatic carbocycles. The van der Waals surface area contributed by atoms with Crippen LogP contribution in [0, 0.1) is 19.3 Å². The molecule has 0 atom stereocenters. The summed E-state index contributed by atoms with van der Waals surface area (Å²) in [5.41, 5.74) is 4.57. The summed E-state index contributed by atoms with van der Waals surface area (Å²) in [4.78, 5) is 36.8. The molecule has 6 nitrogen and oxygen atoms in total. The molecule has 0 aliphatic carbocycles. The number of amides is 2. The van der Waals surface area contributed by atoms with Crippen molar-refractivity contribution in [2.45, 2.75) is 52.9 Å². The predicted molar refractivity (Wildman–Crippen MR) is 109 cm³/mol. The van der Waals surface area contributed by atoms with E-state index in [-0.39, 0.29) is 17.2 Å². The van der Waals surface area contributed by atoms with E-state index in [0.29, 0.717) is 19.3 Å². The molecule has 6 heteroatoms. The van der Waals surface area contributed by atoms with Gasteiger partial charge in [0, 0.05) is 50.9 Å². The average molecular weight is 383 g/mol. The molecule has 0 unspecified atom stereocenters. The molecule has 0 saturated carbocycles. The summed E-state index contributed by atoms with van der Waals surface area (Å²) in [6, 6.07) is 4.16. The molecule has 4 rings (SSSR count). The zero-order chi connectivity index (χ0) is 19.9. The molecule has 0 bridgehead atoms. The number of fused-ring (bicyclic) bond motifs is 1. The maximum Gasteiger partial charge on any atom is 0.223 e. The van der Waals surface area contributed by atoms with Crippen LogP contribution in [0.1, 0.15) is 49.6 Å². The average Bonchev–Trinajstić information content (AvgIpc) is 3.24. The highest BCUT2D eigenvalue weighted by Crippen LogP contribution is 2.41. The van der Waals surface area contributed by atoms with Gasteiger partial charge < -0.3 is 14.8 Å². The van der Waals surface area contributed by atoms with Crippen molar-refractivity contribution in [1.82, 2.24) is 19.8 Å². The number of aromatic amines is 1. The lowest BCUT2D eigenvalue weighted by atomic mass is 9.77. The van der Waals surface area contributed by atoms with Crippen LogP contribution in [0.15, 0.2) is 12.1 Å². The SMILES string of the molecule is CCN1CC2(CCN(C(=O)CCc3nc4c(C)c(C)ccc4[nH]3)CC2)CC1=O. The second-order valence-corrected chi connectivity index (χ2v) is 8.55. The smallest absolute Gasteiger partial charge is 0.223 e. The molecule has 1 N–H and O–H groups in total. The number of aromatic nitrogens is 2. The summed E-state index contributed by atoms with van der Waals surface area (Å²) in [6.45, 7) is 9.40. The number of hydrogen-bond donors (Lipinski definition) is 1. The van der Waals surface area contributed by atoms with E-state index in [1.165, 1.54) is 11.1 Å². The summed E-state index contributed by atoms with van der Waals surface area (Å²) in [7, 11) is 0. The number of aryl methyl sites for hydroxylation is 3. The fraction of sp³-hybridized carbons (Fsp3) is 0.591. The van der Waals surface area contributed by atoms with Crippen LogP contribution >= 0.6 is 0 Å². The van der Waals surface area contributed by atoms with E-state index < -0.39 is 0 Å². The minimum absolute atomic E-state index is 0.0952. The lowest BCUT2D eigenvalue weighted by Gasteiger charge is -2.38. The fourth-order valence-electron chi connectivity index (χ4n) is 4.70. The van der Waals surface area contributed by atoms with Gasteiger partial charge in [0.05, 0.1) is 11.0 Å². The van der Waals surface area contributed by atoms with Crippen LogP contribution in [-0.2, 0) is 16.0 Å². The third-order valence-electron chi connectivity index (χ3n) is 6.77. The summed E-state index contributed by atoms with van der Waals surface area (Å²) in [5, 5.41) is 0. The topological polar surface area (TPSA) is 69.3 Å². The van der Waals surface area contributed by atoms with Crippen molar-refractivity contribution in [3.8, 4) is 0 Å². The summed E-state index contributed by atoms with van der Waals surface area (Å²) < 4.78 is 0. The van der Waals surface area contributed by atoms with Gasteiger partial charge in [0.2, 0.25) is 11.8 Å². The number of carbonyl (C=O) groups excluding carboxylic acids is 2. The van der Waals surface area contributed by atoms with Crippen molar-refractivity contribution in [3.63, 3.8) is 0 Å². The highest BCUT2D eigenvalue weighted by Gasteiger charge is 2.44. The van der Waals surface area contributed by atoms with Gasteiger partial charge in [-0.15, -0.1) is 0 Å². The zero-order valence-electron chi connectivity index (χ0n) is 17.2. The number of rotatable bonds is 4. The van der Waals surface area contributed by atoms with Crippen LogP contribution in [0.2, 0.25) is 0 Å². The molecule has 28 heavy (non-hydrogen) atoms. The molecule has 2 aromatic rings. The first-order valence-electron chi connectivity index (χ1n) is 10.4. The monoisotopic (exact) mass is 382 g/mol. The van der Waals surface area contributed by atoms with Crippen molar-refractivity contribution < 1.29 is 9.59 Å². The van der Waals surface area contributed by atoms with Crippen molar-refractivity contribution in [2.24, 2.45) is 5.41 Å². The fourth-order valence-corrected chi connectivity index (χ4v) is 4.70. The maximum atomic E-state index is 12.7. The first kappa shape index (κ1) is 19.0. The lowest BCUT2D eigenvalue weighted by Crippen LogP contribution is -2.44. The quantitative estimate of drug-likeness (QED) is 0.884. The lowest BCUT2D eigenvalue weighted by molar-refractivity contribution is -0.133. The second-order valence-electron chi connectivity index (χ2n) is 8.55. The molecular weight excluding hydrogens is 352 g/mol. The van der Waals surface area contributed by atoms with E-state index >= 15 is 0 Å². The number of imidazole rings is 1. The summed E-state index contributed by atoms with van der Waals surface area (Å²) >= 11 is 0. The maximum absolute atomic E-state index is 12.7. The first-order chi connectivity index (χ1) is 13.4. The molecule has 1 spiro atoms. The number of nitrogens with one attached hydrogen (secondary N) is 1. The Morgan fingerprint density at radius 1 is 1.25 bits per heavy atom. The molecule has 2 fully saturated rings. The molecule has 1 aromatic heterocycles. The Morgan fingerprint density at radius 3 is 2.68 bits per heavy atom. The number of benzene rings is 1. The number of carbonyl (C=O) groups is 2.